The van der Waals surface area contributed by atoms with Crippen molar-refractivity contribution in [2.45, 2.75) is 39.5 Å². The van der Waals surface area contributed by atoms with Crippen LogP contribution >= 0.6 is 11.6 Å². The van der Waals surface area contributed by atoms with Gasteiger partial charge in [-0.1, -0.05) is 31.9 Å². The summed E-state index contributed by atoms with van der Waals surface area (Å²) in [6, 6.07) is 0. The fraction of sp³-hybridized carbons (Fsp3) is 0.778. The first kappa shape index (κ1) is 10.0. The maximum atomic E-state index is 6.11. The zero-order valence-corrected chi connectivity index (χ0v) is 8.07. The molecule has 0 aliphatic carbocycles. The van der Waals surface area contributed by atoms with Crippen LogP contribution in [-0.2, 0) is 0 Å². The minimum absolute atomic E-state index is 0.231. The molecule has 2 atom stereocenters. The van der Waals surface area contributed by atoms with Crippen LogP contribution in [0.15, 0.2) is 11.6 Å². The van der Waals surface area contributed by atoms with Crippen LogP contribution in [0.25, 0.3) is 0 Å². The van der Waals surface area contributed by atoms with E-state index in [1.807, 2.05) is 6.92 Å². The molecule has 0 aromatic rings. The summed E-state index contributed by atoms with van der Waals surface area (Å²) in [6.07, 6.45) is 3.24. The van der Waals surface area contributed by atoms with Crippen LogP contribution in [0.5, 0.6) is 0 Å². The molecule has 0 rings (SSSR count). The number of hydrogen-bond acceptors (Lipinski definition) is 0. The molecule has 0 heterocycles. The lowest BCUT2D eigenvalue weighted by Crippen LogP contribution is -2.11. The van der Waals surface area contributed by atoms with Gasteiger partial charge in [0.2, 0.25) is 0 Å². The predicted molar refractivity (Wildman–Crippen MR) is 48.5 cm³/mol. The molecule has 0 amide bonds. The van der Waals surface area contributed by atoms with Crippen molar-refractivity contribution in [2.75, 3.05) is 0 Å². The summed E-state index contributed by atoms with van der Waals surface area (Å²) in [6.45, 7) is 8.48. The molecule has 0 saturated carbocycles. The maximum Gasteiger partial charge on any atom is 0.0567 e. The zero-order valence-electron chi connectivity index (χ0n) is 7.32. The second kappa shape index (κ2) is 4.79. The molecule has 0 bridgehead atoms. The minimum Gasteiger partial charge on any atom is -0.118 e. The highest BCUT2D eigenvalue weighted by atomic mass is 35.5. The molecule has 0 nitrogen and oxygen atoms in total. The van der Waals surface area contributed by atoms with E-state index in [1.165, 1.54) is 5.57 Å². The summed E-state index contributed by atoms with van der Waals surface area (Å²) >= 11 is 6.11. The summed E-state index contributed by atoms with van der Waals surface area (Å²) in [5.41, 5.74) is 1.29. The van der Waals surface area contributed by atoms with Crippen molar-refractivity contribution in [3.05, 3.63) is 11.6 Å². The molecule has 0 N–H and O–H groups in total. The van der Waals surface area contributed by atoms with Crippen molar-refractivity contribution in [3.63, 3.8) is 0 Å². The van der Waals surface area contributed by atoms with Crippen molar-refractivity contribution in [1.29, 1.82) is 0 Å². The zero-order chi connectivity index (χ0) is 8.15. The van der Waals surface area contributed by atoms with E-state index in [2.05, 4.69) is 26.8 Å². The molecule has 10 heavy (non-hydrogen) atoms. The Morgan fingerprint density at radius 3 is 2.40 bits per heavy atom. The van der Waals surface area contributed by atoms with E-state index in [9.17, 15) is 0 Å². The molecule has 2 unspecified atom stereocenters. The van der Waals surface area contributed by atoms with E-state index in [0.717, 1.165) is 6.42 Å². The largest absolute Gasteiger partial charge is 0.118 e. The van der Waals surface area contributed by atoms with Crippen molar-refractivity contribution >= 4 is 11.6 Å². The summed E-state index contributed by atoms with van der Waals surface area (Å²) in [5, 5.41) is 0.231. The third kappa shape index (κ3) is 2.74. The monoisotopic (exact) mass is 160 g/mol. The SMILES string of the molecule is C/C=C(/C)C(Cl)C(C)CC. The Balaban J connectivity index is 3.94. The average Bonchev–Trinajstić information content (AvgIpc) is 2.00. The fourth-order valence-electron chi connectivity index (χ4n) is 0.815. The lowest BCUT2D eigenvalue weighted by molar-refractivity contribution is 0.564. The van der Waals surface area contributed by atoms with Gasteiger partial charge in [0.05, 0.1) is 5.38 Å². The van der Waals surface area contributed by atoms with Gasteiger partial charge in [-0.3, -0.25) is 0 Å². The van der Waals surface area contributed by atoms with Gasteiger partial charge in [-0.25, -0.2) is 0 Å². The van der Waals surface area contributed by atoms with E-state index in [-0.39, 0.29) is 5.38 Å². The highest BCUT2D eigenvalue weighted by Crippen LogP contribution is 2.20. The van der Waals surface area contributed by atoms with E-state index in [4.69, 9.17) is 11.6 Å². The molecule has 1 heteroatoms. The van der Waals surface area contributed by atoms with Crippen LogP contribution in [-0.4, -0.2) is 5.38 Å². The first-order valence-electron chi connectivity index (χ1n) is 3.90. The van der Waals surface area contributed by atoms with Crippen molar-refractivity contribution in [1.82, 2.24) is 0 Å². The van der Waals surface area contributed by atoms with E-state index < -0.39 is 0 Å². The smallest absolute Gasteiger partial charge is 0.0567 e. The second-order valence-electron chi connectivity index (χ2n) is 2.82. The fourth-order valence-corrected chi connectivity index (χ4v) is 1.12. The summed E-state index contributed by atoms with van der Waals surface area (Å²) < 4.78 is 0. The third-order valence-electron chi connectivity index (χ3n) is 2.03. The molecule has 0 aromatic carbocycles. The normalized spacial score (nSPS) is 18.7. The van der Waals surface area contributed by atoms with Crippen LogP contribution in [0.2, 0.25) is 0 Å². The summed E-state index contributed by atoms with van der Waals surface area (Å²) in [4.78, 5) is 0. The summed E-state index contributed by atoms with van der Waals surface area (Å²) in [5.74, 6) is 0.595. The third-order valence-corrected chi connectivity index (χ3v) is 2.81. The number of halogens is 1. The molecule has 0 radical (unpaired) electrons. The highest BCUT2D eigenvalue weighted by molar-refractivity contribution is 6.22. The molecule has 0 aliphatic heterocycles. The van der Waals surface area contributed by atoms with Crippen LogP contribution in [0.4, 0.5) is 0 Å². The number of alkyl halides is 1. The lowest BCUT2D eigenvalue weighted by Gasteiger charge is -2.16. The first-order valence-corrected chi connectivity index (χ1v) is 4.34. The lowest BCUT2D eigenvalue weighted by atomic mass is 9.99. The molecular formula is C9H17Cl. The van der Waals surface area contributed by atoms with Gasteiger partial charge in [0, 0.05) is 0 Å². The second-order valence-corrected chi connectivity index (χ2v) is 3.29. The van der Waals surface area contributed by atoms with Gasteiger partial charge in [-0.15, -0.1) is 11.6 Å². The number of hydrogen-bond donors (Lipinski definition) is 0. The van der Waals surface area contributed by atoms with Gasteiger partial charge in [0.15, 0.2) is 0 Å². The van der Waals surface area contributed by atoms with Gasteiger partial charge >= 0.3 is 0 Å². The van der Waals surface area contributed by atoms with Crippen LogP contribution in [0.3, 0.4) is 0 Å². The quantitative estimate of drug-likeness (QED) is 0.437. The molecule has 60 valence electrons. The number of allylic oxidation sites excluding steroid dienone is 2. The van der Waals surface area contributed by atoms with Gasteiger partial charge in [-0.05, 0) is 19.8 Å². The van der Waals surface area contributed by atoms with E-state index >= 15 is 0 Å². The molecular weight excluding hydrogens is 144 g/mol. The van der Waals surface area contributed by atoms with Crippen LogP contribution in [0.1, 0.15) is 34.1 Å². The standard InChI is InChI=1S/C9H17Cl/c1-5-7(3)9(10)8(4)6-2/h5,8-9H,6H2,1-4H3/b7-5-. The van der Waals surface area contributed by atoms with Gasteiger partial charge in [0.1, 0.15) is 0 Å². The molecule has 0 saturated heterocycles. The predicted octanol–water partition coefficient (Wildman–Crippen LogP) is 3.61. The summed E-state index contributed by atoms with van der Waals surface area (Å²) in [7, 11) is 0. The highest BCUT2D eigenvalue weighted by Gasteiger charge is 2.12. The van der Waals surface area contributed by atoms with Gasteiger partial charge < -0.3 is 0 Å². The van der Waals surface area contributed by atoms with Crippen molar-refractivity contribution in [2.24, 2.45) is 5.92 Å². The Morgan fingerprint density at radius 2 is 2.10 bits per heavy atom. The Hall–Kier alpha value is 0.0300. The molecule has 0 aliphatic rings. The Bertz CT molecular complexity index is 116. The van der Waals surface area contributed by atoms with Crippen molar-refractivity contribution < 1.29 is 0 Å². The van der Waals surface area contributed by atoms with Crippen molar-refractivity contribution in [3.8, 4) is 0 Å². The average molecular weight is 161 g/mol. The van der Waals surface area contributed by atoms with E-state index in [1.54, 1.807) is 0 Å². The van der Waals surface area contributed by atoms with Gasteiger partial charge in [0.25, 0.3) is 0 Å². The maximum absolute atomic E-state index is 6.11. The van der Waals surface area contributed by atoms with E-state index in [0.29, 0.717) is 5.92 Å². The number of rotatable bonds is 3. The van der Waals surface area contributed by atoms with Gasteiger partial charge in [-0.2, -0.15) is 0 Å². The Morgan fingerprint density at radius 1 is 1.60 bits per heavy atom. The topological polar surface area (TPSA) is 0 Å². The molecule has 0 aromatic heterocycles. The Labute approximate surface area is 69.3 Å². The minimum atomic E-state index is 0.231. The molecule has 0 spiro atoms. The first-order chi connectivity index (χ1) is 4.63. The Kier molecular flexibility index (Phi) is 4.80. The van der Waals surface area contributed by atoms with Crippen LogP contribution in [0, 0.1) is 5.92 Å². The van der Waals surface area contributed by atoms with Crippen LogP contribution < -0.4 is 0 Å². The molecule has 0 fully saturated rings.